The summed E-state index contributed by atoms with van der Waals surface area (Å²) in [5.41, 5.74) is 7.03. The molecule has 1 atom stereocenters. The Kier molecular flexibility index (Phi) is 6.23. The van der Waals surface area contributed by atoms with Crippen molar-refractivity contribution in [2.75, 3.05) is 6.54 Å². The molecule has 1 aliphatic heterocycles. The number of thiophene rings is 1. The lowest BCUT2D eigenvalue weighted by Gasteiger charge is -2.22. The van der Waals surface area contributed by atoms with Crippen LogP contribution in [0.25, 0.3) is 0 Å². The third kappa shape index (κ3) is 4.29. The van der Waals surface area contributed by atoms with Gasteiger partial charge in [-0.1, -0.05) is 17.7 Å². The van der Waals surface area contributed by atoms with Gasteiger partial charge in [-0.2, -0.15) is 4.31 Å². The number of nitrogens with one attached hydrogen (secondary N) is 2. The van der Waals surface area contributed by atoms with Crippen LogP contribution >= 0.6 is 27.3 Å². The SMILES string of the molecule is Cc1ccc(C(=O)NNC(=O)C2CCCN2S(=O)(=O)c2ccc(Br)s2)c(C)c1. The van der Waals surface area contributed by atoms with E-state index in [0.717, 1.165) is 22.5 Å². The average Bonchev–Trinajstić information content (AvgIpc) is 3.29. The van der Waals surface area contributed by atoms with Crippen LogP contribution in [0.2, 0.25) is 0 Å². The van der Waals surface area contributed by atoms with Gasteiger partial charge < -0.3 is 0 Å². The number of carbonyl (C=O) groups excluding carboxylic acids is 2. The fourth-order valence-corrected chi connectivity index (χ4v) is 6.97. The first-order chi connectivity index (χ1) is 13.2. The molecule has 3 rings (SSSR count). The Morgan fingerprint density at radius 1 is 1.18 bits per heavy atom. The van der Waals surface area contributed by atoms with Crippen molar-refractivity contribution >= 4 is 49.1 Å². The summed E-state index contributed by atoms with van der Waals surface area (Å²) in [5.74, 6) is -0.991. The van der Waals surface area contributed by atoms with Crippen molar-refractivity contribution in [1.82, 2.24) is 15.2 Å². The maximum atomic E-state index is 12.8. The lowest BCUT2D eigenvalue weighted by molar-refractivity contribution is -0.125. The van der Waals surface area contributed by atoms with Crippen LogP contribution < -0.4 is 10.9 Å². The van der Waals surface area contributed by atoms with Crippen molar-refractivity contribution in [2.24, 2.45) is 0 Å². The average molecular weight is 486 g/mol. The van der Waals surface area contributed by atoms with E-state index in [1.54, 1.807) is 12.1 Å². The number of sulfonamides is 1. The molecule has 1 unspecified atom stereocenters. The minimum atomic E-state index is -3.77. The predicted molar refractivity (Wildman–Crippen MR) is 110 cm³/mol. The Bertz CT molecular complexity index is 1020. The van der Waals surface area contributed by atoms with Crippen molar-refractivity contribution in [3.05, 3.63) is 50.8 Å². The number of rotatable bonds is 4. The summed E-state index contributed by atoms with van der Waals surface area (Å²) in [7, 11) is -3.77. The van der Waals surface area contributed by atoms with Gasteiger partial charge in [0.05, 0.1) is 3.79 Å². The molecule has 28 heavy (non-hydrogen) atoms. The predicted octanol–water partition coefficient (Wildman–Crippen LogP) is 2.74. The van der Waals surface area contributed by atoms with Crippen LogP contribution in [0.3, 0.4) is 0 Å². The van der Waals surface area contributed by atoms with Crippen LogP contribution in [0.1, 0.15) is 34.3 Å². The standard InChI is InChI=1S/C18H20BrN3O4S2/c1-11-5-6-13(12(2)10-11)17(23)20-21-18(24)14-4-3-9-22(14)28(25,26)16-8-7-15(19)27-16/h5-8,10,14H,3-4,9H2,1-2H3,(H,20,23)(H,21,24). The second kappa shape index (κ2) is 8.32. The maximum Gasteiger partial charge on any atom is 0.269 e. The van der Waals surface area contributed by atoms with Crippen molar-refractivity contribution in [3.63, 3.8) is 0 Å². The Hall–Kier alpha value is -1.75. The van der Waals surface area contributed by atoms with Crippen molar-refractivity contribution in [2.45, 2.75) is 36.9 Å². The highest BCUT2D eigenvalue weighted by Crippen LogP contribution is 2.32. The fourth-order valence-electron chi connectivity index (χ4n) is 3.18. The van der Waals surface area contributed by atoms with Gasteiger partial charge in [0.1, 0.15) is 10.3 Å². The fraction of sp³-hybridized carbons (Fsp3) is 0.333. The molecule has 2 amide bonds. The summed E-state index contributed by atoms with van der Waals surface area (Å²) < 4.78 is 27.8. The van der Waals surface area contributed by atoms with Crippen LogP contribution in [0.5, 0.6) is 0 Å². The summed E-state index contributed by atoms with van der Waals surface area (Å²) in [5, 5.41) is 0. The molecule has 0 bridgehead atoms. The van der Waals surface area contributed by atoms with Gasteiger partial charge in [0.25, 0.3) is 21.8 Å². The zero-order valence-corrected chi connectivity index (χ0v) is 18.6. The van der Waals surface area contributed by atoms with Crippen molar-refractivity contribution < 1.29 is 18.0 Å². The first-order valence-electron chi connectivity index (χ1n) is 8.65. The highest BCUT2D eigenvalue weighted by Gasteiger charge is 2.40. The maximum absolute atomic E-state index is 12.8. The third-order valence-corrected chi connectivity index (χ3v) is 8.54. The number of hydrazine groups is 1. The Morgan fingerprint density at radius 2 is 1.93 bits per heavy atom. The number of hydrogen-bond acceptors (Lipinski definition) is 5. The van der Waals surface area contributed by atoms with Crippen LogP contribution in [0, 0.1) is 13.8 Å². The molecule has 0 radical (unpaired) electrons. The Morgan fingerprint density at radius 3 is 2.57 bits per heavy atom. The first-order valence-corrected chi connectivity index (χ1v) is 11.7. The van der Waals surface area contributed by atoms with E-state index < -0.39 is 27.9 Å². The monoisotopic (exact) mass is 485 g/mol. The third-order valence-electron chi connectivity index (χ3n) is 4.54. The molecule has 1 aromatic carbocycles. The molecule has 7 nitrogen and oxygen atoms in total. The van der Waals surface area contributed by atoms with E-state index in [1.807, 2.05) is 26.0 Å². The van der Waals surface area contributed by atoms with Crippen LogP contribution in [0.4, 0.5) is 0 Å². The largest absolute Gasteiger partial charge is 0.271 e. The van der Waals surface area contributed by atoms with E-state index in [4.69, 9.17) is 0 Å². The number of hydrogen-bond donors (Lipinski definition) is 2. The topological polar surface area (TPSA) is 95.6 Å². The molecule has 0 aliphatic carbocycles. The summed E-state index contributed by atoms with van der Waals surface area (Å²) >= 11 is 4.36. The van der Waals surface area contributed by atoms with E-state index in [-0.39, 0.29) is 10.8 Å². The number of benzene rings is 1. The first kappa shape index (κ1) is 21.0. The smallest absolute Gasteiger partial charge is 0.269 e. The minimum Gasteiger partial charge on any atom is -0.271 e. The summed E-state index contributed by atoms with van der Waals surface area (Å²) in [6.45, 7) is 4.01. The molecule has 2 heterocycles. The molecule has 1 saturated heterocycles. The second-order valence-corrected chi connectivity index (χ2v) is 11.2. The summed E-state index contributed by atoms with van der Waals surface area (Å²) in [4.78, 5) is 24.9. The Labute approximate surface area is 176 Å². The molecule has 0 spiro atoms. The zero-order chi connectivity index (χ0) is 20.5. The van der Waals surface area contributed by atoms with Crippen LogP contribution in [0.15, 0.2) is 38.3 Å². The van der Waals surface area contributed by atoms with Gasteiger partial charge in [0.15, 0.2) is 0 Å². The second-order valence-electron chi connectivity index (χ2n) is 6.59. The lowest BCUT2D eigenvalue weighted by Crippen LogP contribution is -2.51. The quantitative estimate of drug-likeness (QED) is 0.650. The zero-order valence-electron chi connectivity index (χ0n) is 15.4. The normalized spacial score (nSPS) is 17.5. The molecule has 1 aromatic heterocycles. The van der Waals surface area contributed by atoms with E-state index in [1.165, 1.54) is 10.4 Å². The van der Waals surface area contributed by atoms with Gasteiger partial charge in [-0.05, 0) is 66.4 Å². The van der Waals surface area contributed by atoms with E-state index >= 15 is 0 Å². The van der Waals surface area contributed by atoms with Crippen molar-refractivity contribution in [3.8, 4) is 0 Å². The molecule has 2 aromatic rings. The molecule has 1 aliphatic rings. The number of carbonyl (C=O) groups is 2. The molecule has 10 heteroatoms. The van der Waals surface area contributed by atoms with E-state index in [2.05, 4.69) is 26.8 Å². The van der Waals surface area contributed by atoms with Gasteiger partial charge in [-0.25, -0.2) is 8.42 Å². The molecule has 150 valence electrons. The number of nitrogens with zero attached hydrogens (tertiary/aromatic N) is 1. The van der Waals surface area contributed by atoms with Gasteiger partial charge in [-0.3, -0.25) is 20.4 Å². The number of halogens is 1. The highest BCUT2D eigenvalue weighted by atomic mass is 79.9. The molecular formula is C18H20BrN3O4S2. The highest BCUT2D eigenvalue weighted by molar-refractivity contribution is 9.11. The van der Waals surface area contributed by atoms with Gasteiger partial charge in [0.2, 0.25) is 0 Å². The van der Waals surface area contributed by atoms with Gasteiger partial charge >= 0.3 is 0 Å². The molecule has 0 saturated carbocycles. The minimum absolute atomic E-state index is 0.179. The number of amides is 2. The van der Waals surface area contributed by atoms with Gasteiger partial charge in [0, 0.05) is 12.1 Å². The molecule has 2 N–H and O–H groups in total. The van der Waals surface area contributed by atoms with Gasteiger partial charge in [-0.15, -0.1) is 11.3 Å². The van der Waals surface area contributed by atoms with E-state index in [0.29, 0.717) is 22.2 Å². The van der Waals surface area contributed by atoms with Crippen LogP contribution in [-0.2, 0) is 14.8 Å². The molecule has 1 fully saturated rings. The van der Waals surface area contributed by atoms with E-state index in [9.17, 15) is 18.0 Å². The molecular weight excluding hydrogens is 466 g/mol. The summed E-state index contributed by atoms with van der Waals surface area (Å²) in [6, 6.07) is 7.69. The van der Waals surface area contributed by atoms with Crippen LogP contribution in [-0.4, -0.2) is 37.1 Å². The summed E-state index contributed by atoms with van der Waals surface area (Å²) in [6.07, 6.45) is 0.978. The number of aryl methyl sites for hydroxylation is 2. The van der Waals surface area contributed by atoms with Crippen molar-refractivity contribution in [1.29, 1.82) is 0 Å². The lowest BCUT2D eigenvalue weighted by atomic mass is 10.1. The Balaban J connectivity index is 1.69.